The summed E-state index contributed by atoms with van der Waals surface area (Å²) in [7, 11) is 0. The summed E-state index contributed by atoms with van der Waals surface area (Å²) >= 11 is 0. The molecule has 18 heavy (non-hydrogen) atoms. The van der Waals surface area contributed by atoms with E-state index in [0.717, 1.165) is 18.7 Å². The van der Waals surface area contributed by atoms with Crippen molar-refractivity contribution in [2.45, 2.75) is 51.7 Å². The fraction of sp³-hybridized carbons (Fsp3) is 0.692. The summed E-state index contributed by atoms with van der Waals surface area (Å²) in [6, 6.07) is 0.343. The van der Waals surface area contributed by atoms with Crippen molar-refractivity contribution in [1.82, 2.24) is 20.2 Å². The van der Waals surface area contributed by atoms with Crippen molar-refractivity contribution in [3.05, 3.63) is 18.2 Å². The van der Waals surface area contributed by atoms with Crippen LogP contribution in [-0.2, 0) is 11.3 Å². The molecule has 1 saturated heterocycles. The largest absolute Gasteiger partial charge is 0.350 e. The van der Waals surface area contributed by atoms with Gasteiger partial charge in [-0.25, -0.2) is 4.98 Å². The van der Waals surface area contributed by atoms with E-state index in [-0.39, 0.29) is 11.4 Å². The van der Waals surface area contributed by atoms with E-state index in [2.05, 4.69) is 15.6 Å². The minimum Gasteiger partial charge on any atom is -0.350 e. The van der Waals surface area contributed by atoms with Gasteiger partial charge in [0.25, 0.3) is 0 Å². The van der Waals surface area contributed by atoms with Crippen molar-refractivity contribution in [1.29, 1.82) is 0 Å². The second-order valence-electron chi connectivity index (χ2n) is 5.89. The van der Waals surface area contributed by atoms with Crippen molar-refractivity contribution in [2.24, 2.45) is 0 Å². The van der Waals surface area contributed by atoms with Crippen molar-refractivity contribution in [3.8, 4) is 0 Å². The monoisotopic (exact) mass is 250 g/mol. The molecule has 0 unspecified atom stereocenters. The number of nitrogens with one attached hydrogen (secondary N) is 2. The molecule has 0 saturated carbocycles. The number of nitrogens with zero attached hydrogens (tertiary/aromatic N) is 2. The molecule has 0 aromatic carbocycles. The van der Waals surface area contributed by atoms with Crippen LogP contribution in [0.4, 0.5) is 0 Å². The normalized spacial score (nSPS) is 20.1. The molecular formula is C13H22N4O. The maximum Gasteiger partial charge on any atom is 0.240 e. The number of carbonyl (C=O) groups is 1. The van der Waals surface area contributed by atoms with Gasteiger partial charge in [0.2, 0.25) is 5.91 Å². The van der Waals surface area contributed by atoms with Crippen molar-refractivity contribution >= 4 is 5.91 Å². The molecule has 5 nitrogen and oxygen atoms in total. The lowest BCUT2D eigenvalue weighted by Gasteiger charge is -2.21. The molecule has 1 atom stereocenters. The number of aromatic nitrogens is 2. The van der Waals surface area contributed by atoms with Crippen molar-refractivity contribution < 1.29 is 4.79 Å². The number of rotatable bonds is 3. The lowest BCUT2D eigenvalue weighted by molar-refractivity contribution is -0.123. The minimum atomic E-state index is -0.191. The van der Waals surface area contributed by atoms with Crippen LogP contribution >= 0.6 is 0 Å². The topological polar surface area (TPSA) is 59.0 Å². The Morgan fingerprint density at radius 2 is 2.39 bits per heavy atom. The molecule has 2 N–H and O–H groups in total. The maximum atomic E-state index is 11.9. The Morgan fingerprint density at radius 1 is 1.61 bits per heavy atom. The molecule has 1 aliphatic heterocycles. The summed E-state index contributed by atoms with van der Waals surface area (Å²) in [6.45, 7) is 7.34. The third-order valence-electron chi connectivity index (χ3n) is 2.99. The highest BCUT2D eigenvalue weighted by molar-refractivity contribution is 5.76. The van der Waals surface area contributed by atoms with E-state index in [1.54, 1.807) is 6.33 Å². The lowest BCUT2D eigenvalue weighted by Crippen LogP contribution is -2.42. The summed E-state index contributed by atoms with van der Waals surface area (Å²) in [5, 5.41) is 6.40. The summed E-state index contributed by atoms with van der Waals surface area (Å²) in [5.74, 6) is 0.0275. The predicted molar refractivity (Wildman–Crippen MR) is 70.1 cm³/mol. The summed E-state index contributed by atoms with van der Waals surface area (Å²) in [6.07, 6.45) is 5.89. The zero-order chi connectivity index (χ0) is 13.2. The molecule has 5 heteroatoms. The molecule has 1 fully saturated rings. The summed E-state index contributed by atoms with van der Waals surface area (Å²) in [4.78, 5) is 16.1. The highest BCUT2D eigenvalue weighted by Crippen LogP contribution is 2.22. The van der Waals surface area contributed by atoms with E-state index in [4.69, 9.17) is 0 Å². The van der Waals surface area contributed by atoms with Gasteiger partial charge in [0, 0.05) is 17.8 Å². The van der Waals surface area contributed by atoms with Crippen molar-refractivity contribution in [3.63, 3.8) is 0 Å². The maximum absolute atomic E-state index is 11.9. The number of imidazole rings is 1. The Labute approximate surface area is 108 Å². The van der Waals surface area contributed by atoms with E-state index in [1.807, 2.05) is 31.5 Å². The van der Waals surface area contributed by atoms with Gasteiger partial charge in [-0.2, -0.15) is 0 Å². The molecule has 100 valence electrons. The van der Waals surface area contributed by atoms with E-state index in [1.165, 1.54) is 6.42 Å². The standard InChI is InChI=1S/C13H22N4O/c1-13(2,3)16-12(18)8-17-9-14-7-11(17)10-5-4-6-15-10/h7,9-10,15H,4-6,8H2,1-3H3,(H,16,18)/t10-/m0/s1. The average Bonchev–Trinajstić information content (AvgIpc) is 2.82. The highest BCUT2D eigenvalue weighted by atomic mass is 16.2. The molecule has 2 rings (SSSR count). The summed E-state index contributed by atoms with van der Waals surface area (Å²) < 4.78 is 1.93. The van der Waals surface area contributed by atoms with Crippen LogP contribution in [0.1, 0.15) is 45.3 Å². The van der Waals surface area contributed by atoms with Gasteiger partial charge in [0.05, 0.1) is 12.0 Å². The SMILES string of the molecule is CC(C)(C)NC(=O)Cn1cncc1[C@@H]1CCCN1. The molecule has 1 aromatic rings. The highest BCUT2D eigenvalue weighted by Gasteiger charge is 2.21. The van der Waals surface area contributed by atoms with Gasteiger partial charge in [-0.1, -0.05) is 0 Å². The van der Waals surface area contributed by atoms with E-state index < -0.39 is 0 Å². The first-order valence-corrected chi connectivity index (χ1v) is 6.50. The Balaban J connectivity index is 2.01. The van der Waals surface area contributed by atoms with Crippen LogP contribution in [-0.4, -0.2) is 27.5 Å². The zero-order valence-corrected chi connectivity index (χ0v) is 11.4. The van der Waals surface area contributed by atoms with Crippen molar-refractivity contribution in [2.75, 3.05) is 6.54 Å². The molecular weight excluding hydrogens is 228 g/mol. The summed E-state index contributed by atoms with van der Waals surface area (Å²) in [5.41, 5.74) is 0.917. The second-order valence-corrected chi connectivity index (χ2v) is 5.89. The number of hydrogen-bond acceptors (Lipinski definition) is 3. The van der Waals surface area contributed by atoms with Gasteiger partial charge in [-0.3, -0.25) is 4.79 Å². The van der Waals surface area contributed by atoms with Gasteiger partial charge in [-0.15, -0.1) is 0 Å². The molecule has 1 amide bonds. The second kappa shape index (κ2) is 5.10. The fourth-order valence-electron chi connectivity index (χ4n) is 2.30. The van der Waals surface area contributed by atoms with Gasteiger partial charge in [0.1, 0.15) is 6.54 Å². The Kier molecular flexibility index (Phi) is 3.71. The minimum absolute atomic E-state index is 0.0275. The molecule has 2 heterocycles. The number of hydrogen-bond donors (Lipinski definition) is 2. The van der Waals surface area contributed by atoms with Crippen LogP contribution in [0.3, 0.4) is 0 Å². The Morgan fingerprint density at radius 3 is 3.00 bits per heavy atom. The van der Waals surface area contributed by atoms with Crippen LogP contribution < -0.4 is 10.6 Å². The quantitative estimate of drug-likeness (QED) is 0.848. The Bertz CT molecular complexity index is 413. The van der Waals surface area contributed by atoms with E-state index in [9.17, 15) is 4.79 Å². The van der Waals surface area contributed by atoms with Crippen LogP contribution in [0.15, 0.2) is 12.5 Å². The smallest absolute Gasteiger partial charge is 0.240 e. The molecule has 0 spiro atoms. The zero-order valence-electron chi connectivity index (χ0n) is 11.4. The third-order valence-corrected chi connectivity index (χ3v) is 2.99. The van der Waals surface area contributed by atoms with E-state index in [0.29, 0.717) is 12.6 Å². The molecule has 0 aliphatic carbocycles. The van der Waals surface area contributed by atoms with Gasteiger partial charge in [-0.05, 0) is 40.2 Å². The molecule has 0 bridgehead atoms. The first-order valence-electron chi connectivity index (χ1n) is 6.50. The molecule has 1 aromatic heterocycles. The van der Waals surface area contributed by atoms with Gasteiger partial charge < -0.3 is 15.2 Å². The molecule has 1 aliphatic rings. The predicted octanol–water partition coefficient (Wildman–Crippen LogP) is 1.22. The number of amides is 1. The number of carbonyl (C=O) groups excluding carboxylic acids is 1. The first-order chi connectivity index (χ1) is 8.46. The third kappa shape index (κ3) is 3.32. The lowest BCUT2D eigenvalue weighted by atomic mass is 10.1. The first kappa shape index (κ1) is 13.1. The molecule has 0 radical (unpaired) electrons. The fourth-order valence-corrected chi connectivity index (χ4v) is 2.30. The van der Waals surface area contributed by atoms with Crippen LogP contribution in [0.2, 0.25) is 0 Å². The van der Waals surface area contributed by atoms with Crippen LogP contribution in [0.5, 0.6) is 0 Å². The Hall–Kier alpha value is -1.36. The van der Waals surface area contributed by atoms with Crippen LogP contribution in [0.25, 0.3) is 0 Å². The van der Waals surface area contributed by atoms with Crippen LogP contribution in [0, 0.1) is 0 Å². The van der Waals surface area contributed by atoms with Gasteiger partial charge in [0.15, 0.2) is 0 Å². The van der Waals surface area contributed by atoms with Gasteiger partial charge >= 0.3 is 0 Å². The van der Waals surface area contributed by atoms with E-state index >= 15 is 0 Å². The average molecular weight is 250 g/mol.